The third kappa shape index (κ3) is 5.54. The summed E-state index contributed by atoms with van der Waals surface area (Å²) in [6, 6.07) is 9.79. The zero-order valence-corrected chi connectivity index (χ0v) is 16.0. The summed E-state index contributed by atoms with van der Waals surface area (Å²) in [5.41, 5.74) is 1.19. The van der Waals surface area contributed by atoms with Gasteiger partial charge in [0, 0.05) is 25.7 Å². The summed E-state index contributed by atoms with van der Waals surface area (Å²) in [7, 11) is -1.50. The number of nitrogens with zero attached hydrogens (tertiary/aromatic N) is 1. The molecule has 2 aliphatic heterocycles. The van der Waals surface area contributed by atoms with Crippen molar-refractivity contribution in [3.63, 3.8) is 0 Å². The fraction of sp³-hybridized carbons (Fsp3) is 0.579. The first kappa shape index (κ1) is 20.8. The zero-order valence-electron chi connectivity index (χ0n) is 16.0. The number of hydrogen-bond donors (Lipinski definition) is 5. The molecular formula is C19H29BN4O4. The lowest BCUT2D eigenvalue weighted by atomic mass is 9.78. The van der Waals surface area contributed by atoms with Crippen LogP contribution >= 0.6 is 0 Å². The van der Waals surface area contributed by atoms with Gasteiger partial charge in [0.05, 0.1) is 18.5 Å². The van der Waals surface area contributed by atoms with E-state index in [1.165, 1.54) is 10.5 Å². The van der Waals surface area contributed by atoms with Crippen molar-refractivity contribution in [2.45, 2.75) is 43.7 Å². The standard InChI is InChI=1S/C19H29BN4O4/c25-18(24-10-4-7-17(24)20(27)28)13-22-15-11-16(23-12-15)19(26)21-9-8-14-5-2-1-3-6-14/h1-3,5-6,15-17,22-23,27-28H,4,7-13H2,(H,21,26)/t15-,16+,17+/m1/s1. The molecule has 3 atom stereocenters. The largest absolute Gasteiger partial charge is 0.475 e. The molecule has 2 saturated heterocycles. The maximum absolute atomic E-state index is 12.3. The predicted molar refractivity (Wildman–Crippen MR) is 106 cm³/mol. The van der Waals surface area contributed by atoms with Crippen LogP contribution in [0.25, 0.3) is 0 Å². The van der Waals surface area contributed by atoms with Gasteiger partial charge in [0.2, 0.25) is 11.8 Å². The Morgan fingerprint density at radius 2 is 2.04 bits per heavy atom. The predicted octanol–water partition coefficient (Wildman–Crippen LogP) is -1.33. The van der Waals surface area contributed by atoms with E-state index in [0.717, 1.165) is 12.8 Å². The molecule has 2 aliphatic rings. The van der Waals surface area contributed by atoms with Gasteiger partial charge in [-0.1, -0.05) is 30.3 Å². The lowest BCUT2D eigenvalue weighted by molar-refractivity contribution is -0.130. The van der Waals surface area contributed by atoms with E-state index in [4.69, 9.17) is 0 Å². The van der Waals surface area contributed by atoms with Gasteiger partial charge in [-0.05, 0) is 31.2 Å². The van der Waals surface area contributed by atoms with E-state index in [1.54, 1.807) is 0 Å². The van der Waals surface area contributed by atoms with Crippen LogP contribution in [0.15, 0.2) is 30.3 Å². The molecule has 0 aliphatic carbocycles. The second-order valence-corrected chi connectivity index (χ2v) is 7.51. The molecule has 0 spiro atoms. The number of benzene rings is 1. The summed E-state index contributed by atoms with van der Waals surface area (Å²) >= 11 is 0. The third-order valence-electron chi connectivity index (χ3n) is 5.51. The number of amides is 2. The first-order chi connectivity index (χ1) is 13.5. The van der Waals surface area contributed by atoms with Gasteiger partial charge < -0.3 is 30.9 Å². The summed E-state index contributed by atoms with van der Waals surface area (Å²) in [4.78, 5) is 26.2. The Hall–Kier alpha value is -1.94. The van der Waals surface area contributed by atoms with Crippen LogP contribution < -0.4 is 16.0 Å². The van der Waals surface area contributed by atoms with Gasteiger partial charge in [0.25, 0.3) is 0 Å². The molecule has 0 unspecified atom stereocenters. The van der Waals surface area contributed by atoms with Crippen LogP contribution in [-0.2, 0) is 16.0 Å². The van der Waals surface area contributed by atoms with E-state index in [-0.39, 0.29) is 30.4 Å². The molecule has 2 amide bonds. The molecule has 2 heterocycles. The third-order valence-corrected chi connectivity index (χ3v) is 5.51. The number of carbonyl (C=O) groups is 2. The summed E-state index contributed by atoms with van der Waals surface area (Å²) in [6.07, 6.45) is 2.81. The first-order valence-corrected chi connectivity index (χ1v) is 9.98. The lowest BCUT2D eigenvalue weighted by Gasteiger charge is -2.24. The molecule has 28 heavy (non-hydrogen) atoms. The molecule has 9 heteroatoms. The molecule has 0 aromatic heterocycles. The number of nitrogens with one attached hydrogen (secondary N) is 3. The van der Waals surface area contributed by atoms with Gasteiger partial charge in [-0.25, -0.2) is 0 Å². The van der Waals surface area contributed by atoms with Gasteiger partial charge in [0.15, 0.2) is 0 Å². The minimum Gasteiger partial charge on any atom is -0.426 e. The van der Waals surface area contributed by atoms with Gasteiger partial charge >= 0.3 is 7.12 Å². The molecule has 0 saturated carbocycles. The molecule has 0 bridgehead atoms. The Labute approximate surface area is 165 Å². The highest BCUT2D eigenvalue weighted by Gasteiger charge is 2.37. The summed E-state index contributed by atoms with van der Waals surface area (Å²) in [5, 5.41) is 28.1. The van der Waals surface area contributed by atoms with Crippen LogP contribution in [0.5, 0.6) is 0 Å². The van der Waals surface area contributed by atoms with Crippen LogP contribution in [-0.4, -0.2) is 78.1 Å². The summed E-state index contributed by atoms with van der Waals surface area (Å²) in [6.45, 7) is 1.91. The first-order valence-electron chi connectivity index (χ1n) is 9.98. The Balaban J connectivity index is 1.35. The van der Waals surface area contributed by atoms with Crippen LogP contribution in [0.4, 0.5) is 0 Å². The van der Waals surface area contributed by atoms with E-state index in [9.17, 15) is 19.6 Å². The highest BCUT2D eigenvalue weighted by atomic mass is 16.4. The number of likely N-dealkylation sites (tertiary alicyclic amines) is 1. The Morgan fingerprint density at radius 1 is 1.25 bits per heavy atom. The molecule has 8 nitrogen and oxygen atoms in total. The Bertz CT molecular complexity index is 661. The average Bonchev–Trinajstić information content (AvgIpc) is 3.36. The summed E-state index contributed by atoms with van der Waals surface area (Å²) in [5.74, 6) is -0.667. The Kier molecular flexibility index (Phi) is 7.44. The normalized spacial score (nSPS) is 24.4. The van der Waals surface area contributed by atoms with Crippen molar-refractivity contribution in [2.75, 3.05) is 26.2 Å². The average molecular weight is 388 g/mol. The quantitative estimate of drug-likeness (QED) is 0.353. The van der Waals surface area contributed by atoms with Crippen molar-refractivity contribution < 1.29 is 19.6 Å². The van der Waals surface area contributed by atoms with Gasteiger partial charge in [0.1, 0.15) is 0 Å². The monoisotopic (exact) mass is 388 g/mol. The molecule has 0 radical (unpaired) electrons. The van der Waals surface area contributed by atoms with Crippen molar-refractivity contribution >= 4 is 18.9 Å². The minimum atomic E-state index is -1.50. The molecule has 152 valence electrons. The SMILES string of the molecule is O=C(NCCc1ccccc1)[C@@H]1C[C@@H](NCC(=O)N2CCC[C@H]2B(O)O)CN1. The number of carbonyl (C=O) groups excluding carboxylic acids is 2. The molecule has 5 N–H and O–H groups in total. The fourth-order valence-electron chi connectivity index (χ4n) is 3.93. The van der Waals surface area contributed by atoms with Gasteiger partial charge in [-0.15, -0.1) is 0 Å². The zero-order chi connectivity index (χ0) is 19.9. The van der Waals surface area contributed by atoms with Crippen molar-refractivity contribution in [3.05, 3.63) is 35.9 Å². The smallest absolute Gasteiger partial charge is 0.426 e. The van der Waals surface area contributed by atoms with Crippen LogP contribution in [0, 0.1) is 0 Å². The lowest BCUT2D eigenvalue weighted by Crippen LogP contribution is -2.49. The minimum absolute atomic E-state index is 0.0189. The van der Waals surface area contributed by atoms with E-state index in [1.807, 2.05) is 30.3 Å². The second kappa shape index (κ2) is 10.0. The maximum atomic E-state index is 12.3. The van der Waals surface area contributed by atoms with Crippen molar-refractivity contribution in [1.29, 1.82) is 0 Å². The maximum Gasteiger partial charge on any atom is 0.475 e. The Morgan fingerprint density at radius 3 is 2.79 bits per heavy atom. The van der Waals surface area contributed by atoms with E-state index in [2.05, 4.69) is 16.0 Å². The topological polar surface area (TPSA) is 114 Å². The molecule has 2 fully saturated rings. The second-order valence-electron chi connectivity index (χ2n) is 7.51. The van der Waals surface area contributed by atoms with Crippen molar-refractivity contribution in [3.8, 4) is 0 Å². The van der Waals surface area contributed by atoms with Gasteiger partial charge in [-0.2, -0.15) is 0 Å². The molecule has 1 aromatic carbocycles. The van der Waals surface area contributed by atoms with E-state index < -0.39 is 13.1 Å². The van der Waals surface area contributed by atoms with E-state index >= 15 is 0 Å². The molecule has 3 rings (SSSR count). The van der Waals surface area contributed by atoms with Crippen LogP contribution in [0.1, 0.15) is 24.8 Å². The highest BCUT2D eigenvalue weighted by molar-refractivity contribution is 6.43. The van der Waals surface area contributed by atoms with Crippen molar-refractivity contribution in [1.82, 2.24) is 20.9 Å². The van der Waals surface area contributed by atoms with Crippen molar-refractivity contribution in [2.24, 2.45) is 0 Å². The van der Waals surface area contributed by atoms with Crippen LogP contribution in [0.2, 0.25) is 0 Å². The number of rotatable bonds is 8. The highest BCUT2D eigenvalue weighted by Crippen LogP contribution is 2.18. The fourth-order valence-corrected chi connectivity index (χ4v) is 3.93. The van der Waals surface area contributed by atoms with E-state index in [0.29, 0.717) is 32.5 Å². The molecule has 1 aromatic rings. The van der Waals surface area contributed by atoms with Gasteiger partial charge in [-0.3, -0.25) is 9.59 Å². The number of hydrogen-bond acceptors (Lipinski definition) is 6. The summed E-state index contributed by atoms with van der Waals surface area (Å²) < 4.78 is 0. The van der Waals surface area contributed by atoms with Crippen LogP contribution in [0.3, 0.4) is 0 Å². The molecular weight excluding hydrogens is 359 g/mol.